The quantitative estimate of drug-likeness (QED) is 0.766. The molecule has 1 aliphatic heterocycles. The summed E-state index contributed by atoms with van der Waals surface area (Å²) in [6.45, 7) is 6.39. The normalized spacial score (nSPS) is 16.5. The van der Waals surface area contributed by atoms with Crippen molar-refractivity contribution in [1.82, 2.24) is 0 Å². The molecule has 0 radical (unpaired) electrons. The van der Waals surface area contributed by atoms with Crippen molar-refractivity contribution in [1.29, 1.82) is 0 Å². The number of hydrogen-bond acceptors (Lipinski definition) is 2. The highest BCUT2D eigenvalue weighted by molar-refractivity contribution is 6.30. The van der Waals surface area contributed by atoms with Gasteiger partial charge in [0.1, 0.15) is 5.84 Å². The van der Waals surface area contributed by atoms with Crippen LogP contribution in [0.2, 0.25) is 5.02 Å². The third-order valence-electron chi connectivity index (χ3n) is 2.74. The summed E-state index contributed by atoms with van der Waals surface area (Å²) in [5, 5.41) is 0.781. The molecule has 0 N–H and O–H groups in total. The lowest BCUT2D eigenvalue weighted by molar-refractivity contribution is 0.734. The van der Waals surface area contributed by atoms with Crippen LogP contribution < -0.4 is 4.90 Å². The van der Waals surface area contributed by atoms with Gasteiger partial charge in [0, 0.05) is 29.7 Å². The Morgan fingerprint density at radius 1 is 1.25 bits per heavy atom. The van der Waals surface area contributed by atoms with Crippen LogP contribution in [-0.2, 0) is 0 Å². The minimum Gasteiger partial charge on any atom is -0.330 e. The number of anilines is 1. The summed E-state index contributed by atoms with van der Waals surface area (Å²) in [5.74, 6) is 1.66. The first kappa shape index (κ1) is 11.5. The van der Waals surface area contributed by atoms with Gasteiger partial charge in [-0.15, -0.1) is 0 Å². The van der Waals surface area contributed by atoms with E-state index in [-0.39, 0.29) is 0 Å². The van der Waals surface area contributed by atoms with Crippen molar-refractivity contribution in [2.75, 3.05) is 18.0 Å². The van der Waals surface area contributed by atoms with E-state index in [1.165, 1.54) is 11.5 Å². The molecule has 2 rings (SSSR count). The molecule has 1 aromatic rings. The fourth-order valence-electron chi connectivity index (χ4n) is 2.00. The van der Waals surface area contributed by atoms with Gasteiger partial charge in [-0.1, -0.05) is 25.4 Å². The van der Waals surface area contributed by atoms with Crippen molar-refractivity contribution in [2.24, 2.45) is 10.9 Å². The molecule has 0 fully saturated rings. The minimum atomic E-state index is 0.468. The second-order valence-electron chi connectivity index (χ2n) is 4.38. The second kappa shape index (κ2) is 4.88. The molecule has 0 aromatic heterocycles. The summed E-state index contributed by atoms with van der Waals surface area (Å²) in [6, 6.07) is 7.99. The van der Waals surface area contributed by atoms with Gasteiger partial charge in [0.2, 0.25) is 0 Å². The Bertz CT molecular complexity index is 381. The molecule has 0 amide bonds. The van der Waals surface area contributed by atoms with E-state index in [9.17, 15) is 0 Å². The summed E-state index contributed by atoms with van der Waals surface area (Å²) >= 11 is 5.90. The fraction of sp³-hybridized carbons (Fsp3) is 0.462. The zero-order valence-electron chi connectivity index (χ0n) is 9.78. The lowest BCUT2D eigenvalue weighted by atomic mass is 10.1. The molecule has 0 saturated heterocycles. The van der Waals surface area contributed by atoms with Crippen LogP contribution in [0, 0.1) is 5.92 Å². The van der Waals surface area contributed by atoms with Gasteiger partial charge in [0.05, 0.1) is 0 Å². The standard InChI is InChI=1S/C13H17ClN2/c1-10(2)13-15-8-3-9-16(13)12-6-4-11(14)5-7-12/h4-7,10H,3,8-9H2,1-2H3. The van der Waals surface area contributed by atoms with Crippen molar-refractivity contribution in [2.45, 2.75) is 20.3 Å². The third-order valence-corrected chi connectivity index (χ3v) is 3.00. The minimum absolute atomic E-state index is 0.468. The van der Waals surface area contributed by atoms with Crippen LogP contribution in [0.3, 0.4) is 0 Å². The Labute approximate surface area is 102 Å². The van der Waals surface area contributed by atoms with Gasteiger partial charge in [-0.25, -0.2) is 0 Å². The zero-order valence-corrected chi connectivity index (χ0v) is 10.5. The Morgan fingerprint density at radius 3 is 2.56 bits per heavy atom. The number of rotatable bonds is 2. The van der Waals surface area contributed by atoms with Crippen LogP contribution in [0.4, 0.5) is 5.69 Å². The molecule has 1 aromatic carbocycles. The van der Waals surface area contributed by atoms with Crippen molar-refractivity contribution < 1.29 is 0 Å². The lowest BCUT2D eigenvalue weighted by Crippen LogP contribution is -2.38. The highest BCUT2D eigenvalue weighted by Crippen LogP contribution is 2.22. The molecule has 0 aliphatic carbocycles. The molecular formula is C13H17ClN2. The molecule has 0 saturated carbocycles. The third kappa shape index (κ3) is 2.38. The molecule has 0 atom stereocenters. The SMILES string of the molecule is CC(C)C1=NCCCN1c1ccc(Cl)cc1. The van der Waals surface area contributed by atoms with Crippen LogP contribution in [0.1, 0.15) is 20.3 Å². The number of halogens is 1. The smallest absolute Gasteiger partial charge is 0.106 e. The van der Waals surface area contributed by atoms with Crippen LogP contribution in [0.25, 0.3) is 0 Å². The van der Waals surface area contributed by atoms with Gasteiger partial charge in [0.25, 0.3) is 0 Å². The van der Waals surface area contributed by atoms with Gasteiger partial charge in [-0.3, -0.25) is 4.99 Å². The molecule has 2 nitrogen and oxygen atoms in total. The largest absolute Gasteiger partial charge is 0.330 e. The highest BCUT2D eigenvalue weighted by Gasteiger charge is 2.19. The molecule has 0 spiro atoms. The predicted octanol–water partition coefficient (Wildman–Crippen LogP) is 3.60. The molecule has 1 aliphatic rings. The number of amidine groups is 1. The Kier molecular flexibility index (Phi) is 3.49. The number of nitrogens with zero attached hydrogens (tertiary/aromatic N) is 2. The monoisotopic (exact) mass is 236 g/mol. The van der Waals surface area contributed by atoms with Crippen molar-refractivity contribution in [3.05, 3.63) is 29.3 Å². The van der Waals surface area contributed by atoms with E-state index >= 15 is 0 Å². The maximum atomic E-state index is 5.90. The Hall–Kier alpha value is -1.02. The fourth-order valence-corrected chi connectivity index (χ4v) is 2.12. The first-order valence-corrected chi connectivity index (χ1v) is 6.13. The van der Waals surface area contributed by atoms with Crippen molar-refractivity contribution >= 4 is 23.1 Å². The molecule has 0 unspecified atom stereocenters. The maximum absolute atomic E-state index is 5.90. The zero-order chi connectivity index (χ0) is 11.5. The molecule has 16 heavy (non-hydrogen) atoms. The maximum Gasteiger partial charge on any atom is 0.106 e. The van der Waals surface area contributed by atoms with E-state index in [0.717, 1.165) is 24.5 Å². The van der Waals surface area contributed by atoms with Gasteiger partial charge >= 0.3 is 0 Å². The van der Waals surface area contributed by atoms with Gasteiger partial charge in [0.15, 0.2) is 0 Å². The topological polar surface area (TPSA) is 15.6 Å². The van der Waals surface area contributed by atoms with E-state index in [1.807, 2.05) is 12.1 Å². The second-order valence-corrected chi connectivity index (χ2v) is 4.81. The van der Waals surface area contributed by atoms with Crippen LogP contribution in [0.15, 0.2) is 29.3 Å². The van der Waals surface area contributed by atoms with Gasteiger partial charge < -0.3 is 4.90 Å². The summed E-state index contributed by atoms with van der Waals surface area (Å²) in [6.07, 6.45) is 1.12. The van der Waals surface area contributed by atoms with E-state index in [4.69, 9.17) is 11.6 Å². The lowest BCUT2D eigenvalue weighted by Gasteiger charge is -2.31. The summed E-state index contributed by atoms with van der Waals surface area (Å²) < 4.78 is 0. The van der Waals surface area contributed by atoms with Gasteiger partial charge in [-0.2, -0.15) is 0 Å². The van der Waals surface area contributed by atoms with Crippen LogP contribution in [0.5, 0.6) is 0 Å². The number of benzene rings is 1. The first-order chi connectivity index (χ1) is 7.68. The average Bonchev–Trinajstić information content (AvgIpc) is 2.30. The molecule has 1 heterocycles. The van der Waals surface area contributed by atoms with Crippen LogP contribution in [-0.4, -0.2) is 18.9 Å². The molecule has 3 heteroatoms. The predicted molar refractivity (Wildman–Crippen MR) is 70.6 cm³/mol. The van der Waals surface area contributed by atoms with Crippen molar-refractivity contribution in [3.63, 3.8) is 0 Å². The van der Waals surface area contributed by atoms with E-state index < -0.39 is 0 Å². The molecule has 0 bridgehead atoms. The van der Waals surface area contributed by atoms with E-state index in [1.54, 1.807) is 0 Å². The summed E-state index contributed by atoms with van der Waals surface area (Å²) in [4.78, 5) is 6.91. The van der Waals surface area contributed by atoms with Crippen LogP contribution >= 0.6 is 11.6 Å². The van der Waals surface area contributed by atoms with E-state index in [0.29, 0.717) is 5.92 Å². The Morgan fingerprint density at radius 2 is 1.94 bits per heavy atom. The highest BCUT2D eigenvalue weighted by atomic mass is 35.5. The number of aliphatic imine (C=N–C) groups is 1. The molecule has 86 valence electrons. The first-order valence-electron chi connectivity index (χ1n) is 5.76. The molecular weight excluding hydrogens is 220 g/mol. The summed E-state index contributed by atoms with van der Waals surface area (Å²) in [5.41, 5.74) is 1.19. The summed E-state index contributed by atoms with van der Waals surface area (Å²) in [7, 11) is 0. The van der Waals surface area contributed by atoms with E-state index in [2.05, 4.69) is 35.9 Å². The average molecular weight is 237 g/mol. The van der Waals surface area contributed by atoms with Gasteiger partial charge in [-0.05, 0) is 30.7 Å². The number of hydrogen-bond donors (Lipinski definition) is 0. The Balaban J connectivity index is 2.28. The van der Waals surface area contributed by atoms with Crippen molar-refractivity contribution in [3.8, 4) is 0 Å².